The molecule has 1 saturated heterocycles. The van der Waals surface area contributed by atoms with Crippen LogP contribution in [0.3, 0.4) is 0 Å². The van der Waals surface area contributed by atoms with Crippen LogP contribution >= 0.6 is 11.1 Å². The van der Waals surface area contributed by atoms with Crippen molar-refractivity contribution in [2.45, 2.75) is 90.5 Å². The van der Waals surface area contributed by atoms with Crippen LogP contribution in [0.1, 0.15) is 69.2 Å². The van der Waals surface area contributed by atoms with Crippen LogP contribution in [0.25, 0.3) is 0 Å². The maximum absolute atomic E-state index is 7.24. The first kappa shape index (κ1) is 17.5. The Morgan fingerprint density at radius 2 is 1.05 bits per heavy atom. The minimum absolute atomic E-state index is 0.00598. The monoisotopic (exact) mass is 304 g/mol. The van der Waals surface area contributed by atoms with E-state index in [9.17, 15) is 0 Å². The van der Waals surface area contributed by atoms with E-state index in [0.29, 0.717) is 0 Å². The lowest BCUT2D eigenvalue weighted by molar-refractivity contribution is 0.00578. The lowest BCUT2D eigenvalue weighted by Crippen LogP contribution is -2.61. The Labute approximate surface area is 125 Å². The number of hydrogen-bond acceptors (Lipinski definition) is 2. The van der Waals surface area contributed by atoms with Gasteiger partial charge in [-0.15, -0.1) is 0 Å². The van der Waals surface area contributed by atoms with Gasteiger partial charge in [0, 0.05) is 0 Å². The summed E-state index contributed by atoms with van der Waals surface area (Å²) >= 11 is 7.24. The molecule has 0 N–H and O–H groups in total. The summed E-state index contributed by atoms with van der Waals surface area (Å²) in [5.41, 5.74) is -0.636. The van der Waals surface area contributed by atoms with Crippen LogP contribution in [-0.2, 0) is 9.31 Å². The van der Waals surface area contributed by atoms with Gasteiger partial charge in [0.1, 0.15) is 0 Å². The third-order valence-corrected chi connectivity index (χ3v) is 13.9. The molecule has 1 heterocycles. The first-order chi connectivity index (χ1) is 8.06. The molecule has 112 valence electrons. The van der Waals surface area contributed by atoms with Gasteiger partial charge in [0.25, 0.3) is 0 Å². The Morgan fingerprint density at radius 1 is 0.789 bits per heavy atom. The smallest absolute Gasteiger partial charge is 0.405 e. The number of rotatable bonds is 1. The van der Waals surface area contributed by atoms with Gasteiger partial charge in [-0.25, -0.2) is 0 Å². The molecule has 1 aliphatic rings. The second-order valence-corrected chi connectivity index (χ2v) is 15.5. The highest BCUT2D eigenvalue weighted by atomic mass is 35.6. The van der Waals surface area contributed by atoms with E-state index in [2.05, 4.69) is 69.2 Å². The molecule has 0 bridgehead atoms. The third-order valence-electron chi connectivity index (χ3n) is 4.76. The van der Waals surface area contributed by atoms with Crippen molar-refractivity contribution in [1.29, 1.82) is 0 Å². The van der Waals surface area contributed by atoms with Gasteiger partial charge < -0.3 is 9.31 Å². The molecule has 0 saturated carbocycles. The van der Waals surface area contributed by atoms with Crippen molar-refractivity contribution in [3.05, 3.63) is 0 Å². The highest BCUT2D eigenvalue weighted by Gasteiger charge is 2.68. The van der Waals surface area contributed by atoms with Crippen molar-refractivity contribution in [1.82, 2.24) is 0 Å². The molecule has 1 fully saturated rings. The van der Waals surface area contributed by atoms with Crippen LogP contribution in [0.2, 0.25) is 10.1 Å². The minimum Gasteiger partial charge on any atom is -0.405 e. The highest BCUT2D eigenvalue weighted by Crippen LogP contribution is 2.57. The second kappa shape index (κ2) is 4.49. The van der Waals surface area contributed by atoms with E-state index >= 15 is 0 Å². The maximum Gasteiger partial charge on any atom is 0.454 e. The van der Waals surface area contributed by atoms with Crippen LogP contribution in [0, 0.1) is 0 Å². The number of hydrogen-bond donors (Lipinski definition) is 0. The summed E-state index contributed by atoms with van der Waals surface area (Å²) in [6.45, 7) is 21.3. The molecule has 1 aliphatic heterocycles. The molecule has 0 amide bonds. The van der Waals surface area contributed by atoms with Crippen LogP contribution in [-0.4, -0.2) is 25.2 Å². The average molecular weight is 305 g/mol. The molecule has 2 nitrogen and oxygen atoms in total. The standard InChI is InChI=1S/C14H30BClO2Si/c1-11(2,3)19(16,12(4,5)6)15-17-13(7,8)14(9,10)18-15/h1-10H3. The van der Waals surface area contributed by atoms with Gasteiger partial charge in [0.05, 0.1) is 11.2 Å². The van der Waals surface area contributed by atoms with Crippen LogP contribution < -0.4 is 0 Å². The van der Waals surface area contributed by atoms with Crippen molar-refractivity contribution in [3.63, 3.8) is 0 Å². The van der Waals surface area contributed by atoms with Gasteiger partial charge in [-0.1, -0.05) is 41.5 Å². The predicted molar refractivity (Wildman–Crippen MR) is 87.1 cm³/mol. The normalized spacial score (nSPS) is 23.8. The average Bonchev–Trinajstić information content (AvgIpc) is 2.30. The lowest BCUT2D eigenvalue weighted by atomic mass is 9.90. The van der Waals surface area contributed by atoms with Crippen molar-refractivity contribution in [2.24, 2.45) is 0 Å². The minimum atomic E-state index is -2.37. The van der Waals surface area contributed by atoms with Gasteiger partial charge >= 0.3 is 6.71 Å². The van der Waals surface area contributed by atoms with E-state index in [1.807, 2.05) is 0 Å². The lowest BCUT2D eigenvalue weighted by Gasteiger charge is -2.47. The summed E-state index contributed by atoms with van der Waals surface area (Å²) in [5.74, 6) is 0. The molecule has 0 radical (unpaired) electrons. The quantitative estimate of drug-likeness (QED) is 0.504. The first-order valence-corrected chi connectivity index (χ1v) is 10.2. The van der Waals surface area contributed by atoms with Crippen molar-refractivity contribution < 1.29 is 9.31 Å². The van der Waals surface area contributed by atoms with E-state index < -0.39 is 7.25 Å². The van der Waals surface area contributed by atoms with Gasteiger partial charge in [0.2, 0.25) is 7.25 Å². The molecule has 0 aliphatic carbocycles. The number of halogens is 1. The molecular formula is C14H30BClO2Si. The topological polar surface area (TPSA) is 18.5 Å². The molecule has 0 aromatic heterocycles. The fraction of sp³-hybridized carbons (Fsp3) is 1.00. The first-order valence-electron chi connectivity index (χ1n) is 7.11. The summed E-state index contributed by atoms with van der Waals surface area (Å²) in [5, 5.41) is -0.0120. The SMILES string of the molecule is CC1(C)OB([Si](Cl)(C(C)(C)C)C(C)(C)C)OC1(C)C. The molecule has 0 aromatic carbocycles. The largest absolute Gasteiger partial charge is 0.454 e. The van der Waals surface area contributed by atoms with Crippen LogP contribution in [0.15, 0.2) is 0 Å². The molecule has 0 spiro atoms. The van der Waals surface area contributed by atoms with Gasteiger partial charge in [0.15, 0.2) is 0 Å². The Kier molecular flexibility index (Phi) is 4.15. The zero-order valence-corrected chi connectivity index (χ0v) is 16.0. The maximum atomic E-state index is 7.24. The fourth-order valence-electron chi connectivity index (χ4n) is 2.84. The Balaban J connectivity index is 3.26. The Morgan fingerprint density at radius 3 is 1.26 bits per heavy atom. The van der Waals surface area contributed by atoms with Crippen molar-refractivity contribution >= 4 is 25.0 Å². The summed E-state index contributed by atoms with van der Waals surface area (Å²) in [4.78, 5) is 0. The van der Waals surface area contributed by atoms with Gasteiger partial charge in [-0.2, -0.15) is 11.1 Å². The molecular weight excluding hydrogens is 275 g/mol. The van der Waals surface area contributed by atoms with Crippen molar-refractivity contribution in [3.8, 4) is 0 Å². The Bertz CT molecular complexity index is 325. The molecule has 0 atom stereocenters. The summed E-state index contributed by atoms with van der Waals surface area (Å²) in [6.07, 6.45) is 0. The van der Waals surface area contributed by atoms with E-state index in [0.717, 1.165) is 0 Å². The van der Waals surface area contributed by atoms with Gasteiger partial charge in [-0.05, 0) is 37.8 Å². The zero-order chi connectivity index (χ0) is 15.5. The summed E-state index contributed by atoms with van der Waals surface area (Å²) in [7, 11) is -2.37. The van der Waals surface area contributed by atoms with Gasteiger partial charge in [-0.3, -0.25) is 0 Å². The second-order valence-electron chi connectivity index (χ2n) is 8.80. The van der Waals surface area contributed by atoms with E-state index in [1.165, 1.54) is 0 Å². The molecule has 1 rings (SSSR count). The van der Waals surface area contributed by atoms with E-state index in [4.69, 9.17) is 20.4 Å². The summed E-state index contributed by atoms with van der Waals surface area (Å²) in [6, 6.07) is 0. The molecule has 0 unspecified atom stereocenters. The molecule has 19 heavy (non-hydrogen) atoms. The van der Waals surface area contributed by atoms with Crippen LogP contribution in [0.4, 0.5) is 0 Å². The summed E-state index contributed by atoms with van der Waals surface area (Å²) < 4.78 is 12.6. The zero-order valence-electron chi connectivity index (χ0n) is 14.3. The van der Waals surface area contributed by atoms with Crippen molar-refractivity contribution in [2.75, 3.05) is 0 Å². The fourth-order valence-corrected chi connectivity index (χ4v) is 7.68. The third kappa shape index (κ3) is 2.66. The van der Waals surface area contributed by atoms with E-state index in [-0.39, 0.29) is 28.0 Å². The Hall–Kier alpha value is 0.492. The van der Waals surface area contributed by atoms with E-state index in [1.54, 1.807) is 0 Å². The molecule has 0 aromatic rings. The molecule has 5 heteroatoms. The highest BCUT2D eigenvalue weighted by molar-refractivity contribution is 7.52. The van der Waals surface area contributed by atoms with Crippen LogP contribution in [0.5, 0.6) is 0 Å². The predicted octanol–water partition coefficient (Wildman–Crippen LogP) is 4.94.